The molecule has 4 nitrogen and oxygen atoms in total. The average Bonchev–Trinajstić information content (AvgIpc) is 3.04. The van der Waals surface area contributed by atoms with Crippen LogP contribution in [0.15, 0.2) is 54.6 Å². The number of carbonyl (C=O) groups is 1. The van der Waals surface area contributed by atoms with Crippen LogP contribution in [-0.2, 0) is 17.7 Å². The molecule has 2 aliphatic heterocycles. The summed E-state index contributed by atoms with van der Waals surface area (Å²) in [5.74, 6) is 0.000200. The molecule has 0 radical (unpaired) electrons. The maximum Gasteiger partial charge on any atom is 0.256 e. The van der Waals surface area contributed by atoms with Gasteiger partial charge in [0.25, 0.3) is 5.91 Å². The molecule has 1 N–H and O–H groups in total. The maximum absolute atomic E-state index is 12.1. The van der Waals surface area contributed by atoms with Gasteiger partial charge in [-0.2, -0.15) is 0 Å². The van der Waals surface area contributed by atoms with E-state index in [0.29, 0.717) is 0 Å². The summed E-state index contributed by atoms with van der Waals surface area (Å²) >= 11 is 0. The number of anilines is 1. The lowest BCUT2D eigenvalue weighted by molar-refractivity contribution is 0.0342. The lowest BCUT2D eigenvalue weighted by atomic mass is 9.95. The largest absolute Gasteiger partial charge is 0.379 e. The minimum absolute atomic E-state index is 0.000200. The summed E-state index contributed by atoms with van der Waals surface area (Å²) in [5, 5.41) is 5.18. The summed E-state index contributed by atoms with van der Waals surface area (Å²) in [6, 6.07) is 19.1. The van der Waals surface area contributed by atoms with Crippen molar-refractivity contribution in [3.63, 3.8) is 0 Å². The van der Waals surface area contributed by atoms with E-state index in [2.05, 4.69) is 46.6 Å². The zero-order valence-corrected chi connectivity index (χ0v) is 15.2. The van der Waals surface area contributed by atoms with Gasteiger partial charge >= 0.3 is 0 Å². The number of hydrogen-bond acceptors (Lipinski definition) is 3. The second kappa shape index (κ2) is 6.80. The second-order valence-corrected chi connectivity index (χ2v) is 7.34. The van der Waals surface area contributed by atoms with Crippen molar-refractivity contribution < 1.29 is 9.53 Å². The van der Waals surface area contributed by atoms with Crippen molar-refractivity contribution in [1.29, 1.82) is 0 Å². The number of carbonyl (C=O) groups excluding carboxylic acids is 1. The van der Waals surface area contributed by atoms with Crippen LogP contribution >= 0.6 is 0 Å². The molecule has 1 amide bonds. The molecule has 0 unspecified atom stereocenters. The predicted molar refractivity (Wildman–Crippen MR) is 107 cm³/mol. The molecule has 0 aliphatic carbocycles. The van der Waals surface area contributed by atoms with Crippen molar-refractivity contribution in [2.45, 2.75) is 13.0 Å². The van der Waals surface area contributed by atoms with Crippen molar-refractivity contribution in [1.82, 2.24) is 4.90 Å². The summed E-state index contributed by atoms with van der Waals surface area (Å²) in [4.78, 5) is 14.5. The highest BCUT2D eigenvalue weighted by Gasteiger charge is 2.22. The van der Waals surface area contributed by atoms with Crippen LogP contribution in [0.3, 0.4) is 0 Å². The third kappa shape index (κ3) is 3.11. The number of nitrogens with one attached hydrogen (secondary N) is 1. The zero-order valence-electron chi connectivity index (χ0n) is 15.2. The van der Waals surface area contributed by atoms with Crippen LogP contribution < -0.4 is 5.32 Å². The molecule has 0 spiro atoms. The van der Waals surface area contributed by atoms with Gasteiger partial charge in [0, 0.05) is 36.3 Å². The molecule has 1 saturated heterocycles. The lowest BCUT2D eigenvalue weighted by Gasteiger charge is -2.26. The molecule has 2 aliphatic rings. The molecule has 2 heterocycles. The fourth-order valence-corrected chi connectivity index (χ4v) is 4.10. The number of rotatable bonds is 4. The van der Waals surface area contributed by atoms with E-state index in [-0.39, 0.29) is 5.91 Å². The summed E-state index contributed by atoms with van der Waals surface area (Å²) in [5.41, 5.74) is 5.60. The first-order valence-electron chi connectivity index (χ1n) is 9.52. The van der Waals surface area contributed by atoms with Crippen LogP contribution in [0.25, 0.3) is 10.8 Å². The van der Waals surface area contributed by atoms with Gasteiger partial charge in [-0.05, 0) is 40.6 Å². The molecule has 27 heavy (non-hydrogen) atoms. The Labute approximate surface area is 158 Å². The molecular weight excluding hydrogens is 336 g/mol. The van der Waals surface area contributed by atoms with Gasteiger partial charge in [0.2, 0.25) is 0 Å². The average molecular weight is 358 g/mol. The van der Waals surface area contributed by atoms with Gasteiger partial charge in [0.15, 0.2) is 0 Å². The molecule has 3 aromatic rings. The molecular formula is C23H22N2O2. The third-order valence-corrected chi connectivity index (χ3v) is 5.55. The minimum Gasteiger partial charge on any atom is -0.379 e. The Morgan fingerprint density at radius 1 is 0.926 bits per heavy atom. The van der Waals surface area contributed by atoms with Crippen molar-refractivity contribution >= 4 is 22.4 Å². The van der Waals surface area contributed by atoms with Crippen molar-refractivity contribution in [2.75, 3.05) is 31.6 Å². The van der Waals surface area contributed by atoms with Gasteiger partial charge in [-0.15, -0.1) is 0 Å². The summed E-state index contributed by atoms with van der Waals surface area (Å²) in [7, 11) is 0. The van der Waals surface area contributed by atoms with Crippen LogP contribution in [0.1, 0.15) is 27.0 Å². The van der Waals surface area contributed by atoms with E-state index in [9.17, 15) is 4.79 Å². The van der Waals surface area contributed by atoms with Gasteiger partial charge < -0.3 is 10.1 Å². The molecule has 136 valence electrons. The number of hydrogen-bond donors (Lipinski definition) is 1. The number of amides is 1. The topological polar surface area (TPSA) is 41.6 Å². The van der Waals surface area contributed by atoms with Gasteiger partial charge in [-0.25, -0.2) is 0 Å². The number of benzene rings is 3. The SMILES string of the molecule is O=C1Nc2ccc(Cc3ccc(CN4CCOCC4)cc3)c3cccc1c23. The Bertz CT molecular complexity index is 1000. The maximum atomic E-state index is 12.1. The fourth-order valence-electron chi connectivity index (χ4n) is 4.10. The highest BCUT2D eigenvalue weighted by Crippen LogP contribution is 2.35. The predicted octanol–water partition coefficient (Wildman–Crippen LogP) is 3.83. The van der Waals surface area contributed by atoms with Crippen LogP contribution in [0.2, 0.25) is 0 Å². The van der Waals surface area contributed by atoms with Gasteiger partial charge in [-0.1, -0.05) is 42.5 Å². The second-order valence-electron chi connectivity index (χ2n) is 7.34. The first-order chi connectivity index (χ1) is 13.3. The quantitative estimate of drug-likeness (QED) is 0.771. The highest BCUT2D eigenvalue weighted by molar-refractivity contribution is 6.24. The van der Waals surface area contributed by atoms with Crippen LogP contribution in [0.5, 0.6) is 0 Å². The zero-order chi connectivity index (χ0) is 18.2. The number of nitrogens with zero attached hydrogens (tertiary/aromatic N) is 1. The van der Waals surface area contributed by atoms with Crippen LogP contribution in [0.4, 0.5) is 5.69 Å². The number of ether oxygens (including phenoxy) is 1. The Morgan fingerprint density at radius 2 is 1.70 bits per heavy atom. The normalized spacial score (nSPS) is 16.7. The molecule has 0 saturated carbocycles. The first kappa shape index (κ1) is 16.5. The van der Waals surface area contributed by atoms with E-state index < -0.39 is 0 Å². The van der Waals surface area contributed by atoms with E-state index in [1.54, 1.807) is 0 Å². The molecule has 1 fully saturated rings. The summed E-state index contributed by atoms with van der Waals surface area (Å²) in [6.45, 7) is 4.67. The van der Waals surface area contributed by atoms with Crippen LogP contribution in [0, 0.1) is 0 Å². The first-order valence-corrected chi connectivity index (χ1v) is 9.52. The molecule has 5 rings (SSSR count). The monoisotopic (exact) mass is 358 g/mol. The van der Waals surface area contributed by atoms with E-state index in [1.165, 1.54) is 22.1 Å². The summed E-state index contributed by atoms with van der Waals surface area (Å²) in [6.07, 6.45) is 0.867. The molecule has 0 atom stereocenters. The third-order valence-electron chi connectivity index (χ3n) is 5.55. The molecule has 0 aromatic heterocycles. The van der Waals surface area contributed by atoms with Gasteiger partial charge in [0.1, 0.15) is 0 Å². The number of morpholine rings is 1. The summed E-state index contributed by atoms with van der Waals surface area (Å²) < 4.78 is 5.42. The fraction of sp³-hybridized carbons (Fsp3) is 0.261. The van der Waals surface area contributed by atoms with E-state index in [0.717, 1.165) is 55.9 Å². The molecule has 0 bridgehead atoms. The van der Waals surface area contributed by atoms with Crippen molar-refractivity contribution in [3.05, 3.63) is 76.9 Å². The lowest BCUT2D eigenvalue weighted by Crippen LogP contribution is -2.35. The molecule has 4 heteroatoms. The van der Waals surface area contributed by atoms with E-state index >= 15 is 0 Å². The van der Waals surface area contributed by atoms with Crippen molar-refractivity contribution in [2.24, 2.45) is 0 Å². The van der Waals surface area contributed by atoms with Gasteiger partial charge in [-0.3, -0.25) is 9.69 Å². The van der Waals surface area contributed by atoms with E-state index in [1.807, 2.05) is 18.2 Å². The Balaban J connectivity index is 1.38. The Morgan fingerprint density at radius 3 is 2.52 bits per heavy atom. The Kier molecular flexibility index (Phi) is 4.15. The minimum atomic E-state index is 0.000200. The van der Waals surface area contributed by atoms with Crippen molar-refractivity contribution in [3.8, 4) is 0 Å². The van der Waals surface area contributed by atoms with Gasteiger partial charge in [0.05, 0.1) is 13.2 Å². The van der Waals surface area contributed by atoms with Crippen LogP contribution in [-0.4, -0.2) is 37.1 Å². The van der Waals surface area contributed by atoms with E-state index in [4.69, 9.17) is 4.74 Å². The Hall–Kier alpha value is -2.69. The molecule has 3 aromatic carbocycles. The highest BCUT2D eigenvalue weighted by atomic mass is 16.5. The smallest absolute Gasteiger partial charge is 0.256 e. The standard InChI is InChI=1S/C23H22N2O2/c26-23-20-3-1-2-19-18(8-9-21(24-23)22(19)20)14-16-4-6-17(7-5-16)15-25-10-12-27-13-11-25/h1-9H,10-15H2,(H,24,26).